The molecule has 0 aromatic carbocycles. The van der Waals surface area contributed by atoms with Crippen LogP contribution in [-0.4, -0.2) is 64.3 Å². The molecule has 1 rings (SSSR count). The summed E-state index contributed by atoms with van der Waals surface area (Å²) in [4.78, 5) is 12.4. The molecule has 0 bridgehead atoms. The van der Waals surface area contributed by atoms with Crippen LogP contribution in [-0.2, 0) is 18.3 Å². The zero-order chi connectivity index (χ0) is 71.7. The van der Waals surface area contributed by atoms with Crippen LogP contribution in [0.1, 0.15) is 317 Å². The smallest absolute Gasteiger partial charge is 0.270 e. The molecule has 0 aromatic rings. The van der Waals surface area contributed by atoms with E-state index >= 15 is 0 Å². The van der Waals surface area contributed by atoms with Gasteiger partial charge in [0.15, 0.2) is 6.29 Å². The van der Waals surface area contributed by atoms with Crippen LogP contribution in [0, 0.1) is 5.92 Å². The van der Waals surface area contributed by atoms with Crippen LogP contribution in [0.4, 0.5) is 0 Å². The Morgan fingerprint density at radius 3 is 0.792 bits per heavy atom. The third-order valence-corrected chi connectivity index (χ3v) is 19.6. The second kappa shape index (κ2) is 54.8. The maximum absolute atomic E-state index is 12.4. The van der Waals surface area contributed by atoms with E-state index in [2.05, 4.69) is 202 Å². The van der Waals surface area contributed by atoms with Gasteiger partial charge in [-0.15, -0.1) is 0 Å². The van der Waals surface area contributed by atoms with Gasteiger partial charge in [-0.25, -0.2) is 0 Å². The average Bonchev–Trinajstić information content (AvgIpc) is 0.815. The normalized spacial score (nSPS) is 20.4. The van der Waals surface area contributed by atoms with Gasteiger partial charge in [0.25, 0.3) is 7.82 Å². The van der Waals surface area contributed by atoms with E-state index in [9.17, 15) is 29.9 Å². The second-order valence-electron chi connectivity index (χ2n) is 29.1. The summed E-state index contributed by atoms with van der Waals surface area (Å²) in [5.41, 5.74) is 22.3. The Hall–Kier alpha value is -3.99. The van der Waals surface area contributed by atoms with Crippen molar-refractivity contribution in [2.45, 2.75) is 347 Å². The molecular weight excluding hydrogens is 1210 g/mol. The first-order valence-electron chi connectivity index (χ1n) is 37.4. The van der Waals surface area contributed by atoms with Gasteiger partial charge in [-0.1, -0.05) is 182 Å². The van der Waals surface area contributed by atoms with Crippen LogP contribution in [0.3, 0.4) is 0 Å². The molecule has 4 N–H and O–H groups in total. The van der Waals surface area contributed by atoms with E-state index in [4.69, 9.17) is 13.8 Å². The first-order chi connectivity index (χ1) is 45.6. The molecule has 1 saturated heterocycles. The molecule has 1 aliphatic rings. The van der Waals surface area contributed by atoms with Crippen molar-refractivity contribution < 1.29 is 43.7 Å². The first kappa shape index (κ1) is 90.0. The molecule has 546 valence electrons. The molecule has 9 nitrogen and oxygen atoms in total. The Morgan fingerprint density at radius 1 is 0.354 bits per heavy atom. The standard InChI is InChI=1S/C86H143O9P/c1-66(2)33-18-34-67(3)35-19-36-68(4)37-20-38-69(5)39-21-40-70(6)41-22-42-71(7)43-23-44-72(8)45-24-46-73(9)47-25-48-74(10)49-26-50-75(11)51-27-52-76(12)53-28-54-77(13)55-29-56-78(14)57-30-58-79(15)59-31-60-80(16)61-32-62-81(17)63-64-93-96(91,92)95-86-85(90)84(89)83(88)82(65-87)94-86/h33,35,37,39,41,43,45,47,49,51,53,55,57,59,61,81-90H,18-32,34,36,38,40,42,44,46,48,50,52,54,56,58,60,62-65H2,1-17H3,(H,91,92)/p-1/b67-35+,68-37+,69-39-,70-41-,71-43-,72-45-,73-47-,74-49-,75-51-,76-53-,77-55-,78-57-,79-59-,80-61-/t81?,82-,83-,84+,85+,86+/m1/s1. The highest BCUT2D eigenvalue weighted by atomic mass is 31.2. The highest BCUT2D eigenvalue weighted by molar-refractivity contribution is 7.45. The predicted octanol–water partition coefficient (Wildman–Crippen LogP) is 24.2. The van der Waals surface area contributed by atoms with Crippen molar-refractivity contribution in [1.29, 1.82) is 0 Å². The Labute approximate surface area is 589 Å². The van der Waals surface area contributed by atoms with Crippen molar-refractivity contribution in [2.24, 2.45) is 5.92 Å². The zero-order valence-electron chi connectivity index (χ0n) is 64.2. The molecule has 0 aliphatic carbocycles. The SMILES string of the molecule is CC(C)=CCC/C(C)=C/CC/C(C)=C/CC/C(C)=C\CC/C(C)=C\CC/C(C)=C\CC/C(C)=C\CC/C(C)=C\CC/C(C)=C\CC/C(C)=C\CC/C(C)=C\CC/C(C)=C\CC/C(C)=C\CC/C(C)=C\CC/C(C)=C\CCC(C)CCOP(=O)([O-])O[C@@H]1O[C@H](CO)[C@@H](O)[C@H](O)[C@@H]1O. The van der Waals surface area contributed by atoms with Crippen LogP contribution in [0.25, 0.3) is 0 Å². The van der Waals surface area contributed by atoms with Crippen LogP contribution < -0.4 is 4.89 Å². The van der Waals surface area contributed by atoms with Gasteiger partial charge in [0.1, 0.15) is 24.4 Å². The van der Waals surface area contributed by atoms with E-state index in [1.807, 2.05) is 6.92 Å². The molecule has 2 unspecified atom stereocenters. The summed E-state index contributed by atoms with van der Waals surface area (Å²) in [7, 11) is -4.89. The number of ether oxygens (including phenoxy) is 1. The number of hydrogen-bond donors (Lipinski definition) is 4. The molecule has 0 spiro atoms. The number of phosphoric ester groups is 1. The van der Waals surface area contributed by atoms with Gasteiger partial charge in [0.2, 0.25) is 0 Å². The number of phosphoric acid groups is 1. The zero-order valence-corrected chi connectivity index (χ0v) is 65.1. The fraction of sp³-hybridized carbons (Fsp3) is 0.651. The predicted molar refractivity (Wildman–Crippen MR) is 413 cm³/mol. The summed E-state index contributed by atoms with van der Waals surface area (Å²) in [5.74, 6) is 0.198. The topological polar surface area (TPSA) is 149 Å². The monoisotopic (exact) mass is 1350 g/mol. The lowest BCUT2D eigenvalue weighted by Gasteiger charge is -2.41. The molecule has 0 amide bonds. The van der Waals surface area contributed by atoms with E-state index in [1.54, 1.807) is 0 Å². The Kier molecular flexibility index (Phi) is 51.4. The van der Waals surface area contributed by atoms with E-state index in [0.29, 0.717) is 6.42 Å². The Morgan fingerprint density at radius 2 is 0.573 bits per heavy atom. The van der Waals surface area contributed by atoms with Crippen molar-refractivity contribution in [2.75, 3.05) is 13.2 Å². The summed E-state index contributed by atoms with van der Waals surface area (Å²) >= 11 is 0. The molecule has 0 aromatic heterocycles. The van der Waals surface area contributed by atoms with Crippen molar-refractivity contribution >= 4 is 7.82 Å². The minimum absolute atomic E-state index is 0.109. The van der Waals surface area contributed by atoms with Crippen LogP contribution >= 0.6 is 7.82 Å². The average molecular weight is 1350 g/mol. The summed E-state index contributed by atoms with van der Waals surface area (Å²) in [6, 6.07) is 0. The van der Waals surface area contributed by atoms with Gasteiger partial charge < -0.3 is 34.6 Å². The number of hydrogen-bond acceptors (Lipinski definition) is 9. The highest BCUT2D eigenvalue weighted by Gasteiger charge is 2.45. The van der Waals surface area contributed by atoms with Crippen molar-refractivity contribution in [1.82, 2.24) is 0 Å². The van der Waals surface area contributed by atoms with Gasteiger partial charge in [0.05, 0.1) is 13.2 Å². The fourth-order valence-corrected chi connectivity index (χ4v) is 12.4. The highest BCUT2D eigenvalue weighted by Crippen LogP contribution is 2.43. The second-order valence-corrected chi connectivity index (χ2v) is 30.4. The number of aliphatic hydroxyl groups is 4. The molecule has 7 atom stereocenters. The van der Waals surface area contributed by atoms with Crippen molar-refractivity contribution in [3.63, 3.8) is 0 Å². The van der Waals surface area contributed by atoms with Crippen molar-refractivity contribution in [3.05, 3.63) is 175 Å². The molecule has 0 radical (unpaired) electrons. The van der Waals surface area contributed by atoms with E-state index in [1.165, 1.54) is 103 Å². The quantitative estimate of drug-likeness (QED) is 0.0345. The number of rotatable bonds is 52. The maximum Gasteiger partial charge on any atom is 0.270 e. The molecular formula is C86H142O9P-. The van der Waals surface area contributed by atoms with Crippen molar-refractivity contribution in [3.8, 4) is 0 Å². The Balaban J connectivity index is 2.23. The molecule has 1 heterocycles. The summed E-state index contributed by atoms with van der Waals surface area (Å²) in [6.07, 6.45) is 61.9. The minimum atomic E-state index is -4.89. The summed E-state index contributed by atoms with van der Waals surface area (Å²) in [6.45, 7) is 37.5. The van der Waals surface area contributed by atoms with Gasteiger partial charge in [0, 0.05) is 0 Å². The van der Waals surface area contributed by atoms with E-state index in [-0.39, 0.29) is 12.5 Å². The lowest BCUT2D eigenvalue weighted by atomic mass is 10.00. The third kappa shape index (κ3) is 49.5. The van der Waals surface area contributed by atoms with Gasteiger partial charge >= 0.3 is 0 Å². The first-order valence-corrected chi connectivity index (χ1v) is 38.8. The van der Waals surface area contributed by atoms with E-state index < -0.39 is 45.1 Å². The van der Waals surface area contributed by atoms with Gasteiger partial charge in [-0.3, -0.25) is 9.09 Å². The molecule has 1 fully saturated rings. The van der Waals surface area contributed by atoms with Gasteiger partial charge in [-0.05, 0) is 316 Å². The van der Waals surface area contributed by atoms with Crippen LogP contribution in [0.2, 0.25) is 0 Å². The fourth-order valence-electron chi connectivity index (χ4n) is 11.6. The molecule has 96 heavy (non-hydrogen) atoms. The summed E-state index contributed by atoms with van der Waals surface area (Å²) < 4.78 is 27.2. The molecule has 10 heteroatoms. The lowest BCUT2D eigenvalue weighted by molar-refractivity contribution is -0.304. The minimum Gasteiger partial charge on any atom is -0.756 e. The van der Waals surface area contributed by atoms with E-state index in [0.717, 1.165) is 173 Å². The molecule has 1 aliphatic heterocycles. The summed E-state index contributed by atoms with van der Waals surface area (Å²) in [5, 5.41) is 39.2. The largest absolute Gasteiger partial charge is 0.756 e. The van der Waals surface area contributed by atoms with Gasteiger partial charge in [-0.2, -0.15) is 0 Å². The number of aliphatic hydroxyl groups excluding tert-OH is 4. The molecule has 0 saturated carbocycles. The van der Waals surface area contributed by atoms with Crippen LogP contribution in [0.15, 0.2) is 175 Å². The van der Waals surface area contributed by atoms with Crippen LogP contribution in [0.5, 0.6) is 0 Å². The maximum atomic E-state index is 12.4. The number of allylic oxidation sites excluding steroid dienone is 30. The third-order valence-electron chi connectivity index (χ3n) is 18.6. The lowest BCUT2D eigenvalue weighted by Crippen LogP contribution is -2.59. The Bertz CT molecular complexity index is 2720.